The fourth-order valence-corrected chi connectivity index (χ4v) is 4.43. The zero-order valence-corrected chi connectivity index (χ0v) is 17.8. The van der Waals surface area contributed by atoms with Gasteiger partial charge in [0.1, 0.15) is 5.75 Å². The van der Waals surface area contributed by atoms with Crippen molar-refractivity contribution in [2.24, 2.45) is 10.2 Å². The van der Waals surface area contributed by atoms with Crippen molar-refractivity contribution in [1.82, 2.24) is 4.90 Å². The number of amidine groups is 1. The molecule has 30 heavy (non-hydrogen) atoms. The molecule has 0 N–H and O–H groups in total. The Morgan fingerprint density at radius 1 is 1.07 bits per heavy atom. The normalized spacial score (nSPS) is 18.1. The van der Waals surface area contributed by atoms with Crippen LogP contribution in [0, 0.1) is 0 Å². The Balaban J connectivity index is 1.58. The second-order valence-corrected chi connectivity index (χ2v) is 8.15. The molecule has 1 aliphatic heterocycles. The molecule has 0 bridgehead atoms. The van der Waals surface area contributed by atoms with Gasteiger partial charge in [0.05, 0.1) is 25.1 Å². The van der Waals surface area contributed by atoms with Crippen LogP contribution in [0.4, 0.5) is 0 Å². The number of thioether (sulfide) groups is 1. The van der Waals surface area contributed by atoms with Crippen molar-refractivity contribution in [3.05, 3.63) is 77.9 Å². The first kappa shape index (κ1) is 20.2. The number of carbonyl (C=O) groups excluding carboxylic acids is 1. The fraction of sp³-hybridized carbons (Fsp3) is 0.208. The van der Waals surface area contributed by atoms with Crippen molar-refractivity contribution < 1.29 is 9.53 Å². The number of nitrogens with zero attached hydrogens (tertiary/aromatic N) is 3. The number of hydrogen-bond acceptors (Lipinski definition) is 5. The van der Waals surface area contributed by atoms with Gasteiger partial charge in [-0.3, -0.25) is 9.69 Å². The van der Waals surface area contributed by atoms with E-state index in [9.17, 15) is 4.79 Å². The molecule has 1 saturated heterocycles. The van der Waals surface area contributed by atoms with Crippen LogP contribution in [0.3, 0.4) is 0 Å². The molecule has 1 amide bonds. The van der Waals surface area contributed by atoms with Crippen LogP contribution in [0.1, 0.15) is 24.5 Å². The summed E-state index contributed by atoms with van der Waals surface area (Å²) in [6.45, 7) is 2.48. The van der Waals surface area contributed by atoms with Crippen LogP contribution in [-0.2, 0) is 11.3 Å². The molecule has 0 spiro atoms. The first-order valence-electron chi connectivity index (χ1n) is 9.89. The lowest BCUT2D eigenvalue weighted by atomic mass is 10.1. The monoisotopic (exact) mass is 417 g/mol. The van der Waals surface area contributed by atoms with Crippen LogP contribution in [0.5, 0.6) is 5.75 Å². The third-order valence-electron chi connectivity index (χ3n) is 5.05. The van der Waals surface area contributed by atoms with Gasteiger partial charge in [-0.05, 0) is 34.9 Å². The van der Waals surface area contributed by atoms with E-state index in [0.29, 0.717) is 11.7 Å². The summed E-state index contributed by atoms with van der Waals surface area (Å²) in [5, 5.41) is 11.5. The number of hydrogen-bond donors (Lipinski definition) is 0. The van der Waals surface area contributed by atoms with Gasteiger partial charge in [-0.15, -0.1) is 5.10 Å². The van der Waals surface area contributed by atoms with Crippen LogP contribution >= 0.6 is 11.8 Å². The van der Waals surface area contributed by atoms with E-state index in [1.54, 1.807) is 18.2 Å². The number of rotatable bonds is 6. The van der Waals surface area contributed by atoms with E-state index in [1.807, 2.05) is 55.5 Å². The summed E-state index contributed by atoms with van der Waals surface area (Å²) in [6, 6.07) is 22.0. The van der Waals surface area contributed by atoms with E-state index in [-0.39, 0.29) is 11.2 Å². The molecule has 3 aromatic carbocycles. The van der Waals surface area contributed by atoms with Crippen molar-refractivity contribution in [2.45, 2.75) is 25.1 Å². The van der Waals surface area contributed by atoms with E-state index < -0.39 is 0 Å². The highest BCUT2D eigenvalue weighted by atomic mass is 32.2. The maximum Gasteiger partial charge on any atom is 0.242 e. The SMILES string of the molecule is CC[C@H]1S/C(=N\N=C/c2cccc3ccccc23)N(Cc2ccc(OC)cc2)C1=O. The third kappa shape index (κ3) is 4.24. The Morgan fingerprint density at radius 2 is 1.83 bits per heavy atom. The minimum Gasteiger partial charge on any atom is -0.497 e. The summed E-state index contributed by atoms with van der Waals surface area (Å²) in [5.74, 6) is 0.873. The Morgan fingerprint density at radius 3 is 2.60 bits per heavy atom. The first-order chi connectivity index (χ1) is 14.7. The Bertz CT molecular complexity index is 1100. The van der Waals surface area contributed by atoms with Crippen LogP contribution in [0.25, 0.3) is 10.8 Å². The maximum absolute atomic E-state index is 12.8. The molecular weight excluding hydrogens is 394 g/mol. The van der Waals surface area contributed by atoms with Crippen molar-refractivity contribution >= 4 is 39.8 Å². The second kappa shape index (κ2) is 9.13. The predicted molar refractivity (Wildman–Crippen MR) is 124 cm³/mol. The lowest BCUT2D eigenvalue weighted by molar-refractivity contribution is -0.126. The summed E-state index contributed by atoms with van der Waals surface area (Å²) in [5.41, 5.74) is 2.02. The molecular formula is C24H23N3O2S. The highest BCUT2D eigenvalue weighted by Crippen LogP contribution is 2.31. The molecule has 0 saturated carbocycles. The van der Waals surface area contributed by atoms with Crippen LogP contribution in [-0.4, -0.2) is 34.5 Å². The molecule has 1 aliphatic rings. The topological polar surface area (TPSA) is 54.3 Å². The smallest absolute Gasteiger partial charge is 0.242 e. The Kier molecular flexibility index (Phi) is 6.14. The van der Waals surface area contributed by atoms with Gasteiger partial charge in [-0.2, -0.15) is 5.10 Å². The van der Waals surface area contributed by atoms with E-state index in [0.717, 1.165) is 34.1 Å². The molecule has 152 valence electrons. The van der Waals surface area contributed by atoms with Crippen molar-refractivity contribution in [2.75, 3.05) is 7.11 Å². The standard InChI is InChI=1S/C24H23N3O2S/c1-3-22-23(28)27(16-17-11-13-20(29-2)14-12-17)24(30-22)26-25-15-19-9-6-8-18-7-4-5-10-21(18)19/h4-15,22H,3,16H2,1-2H3/b25-15-,26-24-/t22-/m1/s1. The average Bonchev–Trinajstić information content (AvgIpc) is 3.09. The van der Waals surface area contributed by atoms with Gasteiger partial charge in [-0.1, -0.05) is 73.3 Å². The molecule has 1 heterocycles. The molecule has 4 rings (SSSR count). The molecule has 6 heteroatoms. The van der Waals surface area contributed by atoms with Crippen molar-refractivity contribution in [3.63, 3.8) is 0 Å². The van der Waals surface area contributed by atoms with Crippen molar-refractivity contribution in [1.29, 1.82) is 0 Å². The minimum absolute atomic E-state index is 0.0810. The second-order valence-electron chi connectivity index (χ2n) is 6.98. The summed E-state index contributed by atoms with van der Waals surface area (Å²) in [7, 11) is 1.64. The predicted octanol–water partition coefficient (Wildman–Crippen LogP) is 5.09. The van der Waals surface area contributed by atoms with Gasteiger partial charge in [0.15, 0.2) is 5.17 Å². The summed E-state index contributed by atoms with van der Waals surface area (Å²) in [4.78, 5) is 14.6. The van der Waals surface area contributed by atoms with E-state index in [1.165, 1.54) is 11.8 Å². The molecule has 0 aromatic heterocycles. The van der Waals surface area contributed by atoms with E-state index in [4.69, 9.17) is 4.74 Å². The first-order valence-corrected chi connectivity index (χ1v) is 10.8. The number of ether oxygens (including phenoxy) is 1. The van der Waals surface area contributed by atoms with E-state index >= 15 is 0 Å². The van der Waals surface area contributed by atoms with Crippen molar-refractivity contribution in [3.8, 4) is 5.75 Å². The number of amides is 1. The molecule has 3 aromatic rings. The quantitative estimate of drug-likeness (QED) is 0.415. The summed E-state index contributed by atoms with van der Waals surface area (Å²) in [6.07, 6.45) is 2.51. The number of benzene rings is 3. The zero-order valence-electron chi connectivity index (χ0n) is 17.0. The van der Waals surface area contributed by atoms with Crippen LogP contribution in [0.2, 0.25) is 0 Å². The van der Waals surface area contributed by atoms with Gasteiger partial charge in [-0.25, -0.2) is 0 Å². The lowest BCUT2D eigenvalue weighted by Gasteiger charge is -2.16. The average molecular weight is 418 g/mol. The summed E-state index contributed by atoms with van der Waals surface area (Å²) >= 11 is 1.48. The molecule has 0 aliphatic carbocycles. The Hall–Kier alpha value is -3.12. The summed E-state index contributed by atoms with van der Waals surface area (Å²) < 4.78 is 5.21. The van der Waals surface area contributed by atoms with Crippen LogP contribution in [0.15, 0.2) is 76.9 Å². The number of carbonyl (C=O) groups is 1. The highest BCUT2D eigenvalue weighted by Gasteiger charge is 2.36. The molecule has 5 nitrogen and oxygen atoms in total. The van der Waals surface area contributed by atoms with Gasteiger partial charge < -0.3 is 4.74 Å². The zero-order chi connectivity index (χ0) is 20.9. The van der Waals surface area contributed by atoms with Gasteiger partial charge in [0.25, 0.3) is 0 Å². The maximum atomic E-state index is 12.8. The molecule has 0 unspecified atom stereocenters. The van der Waals surface area contributed by atoms with Gasteiger partial charge in [0, 0.05) is 5.56 Å². The van der Waals surface area contributed by atoms with Gasteiger partial charge in [0.2, 0.25) is 5.91 Å². The molecule has 0 radical (unpaired) electrons. The van der Waals surface area contributed by atoms with Crippen LogP contribution < -0.4 is 4.74 Å². The highest BCUT2D eigenvalue weighted by molar-refractivity contribution is 8.15. The molecule has 1 fully saturated rings. The molecule has 1 atom stereocenters. The fourth-order valence-electron chi connectivity index (χ4n) is 3.41. The Labute approximate surface area is 180 Å². The van der Waals surface area contributed by atoms with E-state index in [2.05, 4.69) is 28.4 Å². The number of methoxy groups -OCH3 is 1. The van der Waals surface area contributed by atoms with Gasteiger partial charge >= 0.3 is 0 Å². The minimum atomic E-state index is -0.116. The largest absolute Gasteiger partial charge is 0.497 e. The number of fused-ring (bicyclic) bond motifs is 1. The third-order valence-corrected chi connectivity index (χ3v) is 6.39. The lowest BCUT2D eigenvalue weighted by Crippen LogP contribution is -2.31.